The third kappa shape index (κ3) is 3.99. The van der Waals surface area contributed by atoms with E-state index in [-0.39, 0.29) is 36.4 Å². The molecule has 4 heterocycles. The van der Waals surface area contributed by atoms with E-state index in [1.165, 1.54) is 28.3 Å². The minimum atomic E-state index is -0.652. The fraction of sp³-hybridized carbons (Fsp3) is 0.125. The van der Waals surface area contributed by atoms with E-state index in [9.17, 15) is 14.3 Å². The van der Waals surface area contributed by atoms with Crippen LogP contribution >= 0.6 is 0 Å². The number of hydrogen-bond acceptors (Lipinski definition) is 8. The van der Waals surface area contributed by atoms with E-state index in [0.29, 0.717) is 28.2 Å². The molecule has 0 aliphatic heterocycles. The minimum absolute atomic E-state index is 0.0545. The summed E-state index contributed by atoms with van der Waals surface area (Å²) in [5, 5.41) is 14.3. The summed E-state index contributed by atoms with van der Waals surface area (Å²) in [5.41, 5.74) is 14.8. The summed E-state index contributed by atoms with van der Waals surface area (Å²) in [5.74, 6) is -0.595. The maximum Gasteiger partial charge on any atom is 0.411 e. The van der Waals surface area contributed by atoms with Gasteiger partial charge in [-0.15, -0.1) is 9.50 Å². The van der Waals surface area contributed by atoms with Crippen molar-refractivity contribution in [1.29, 1.82) is 0 Å². The van der Waals surface area contributed by atoms with Gasteiger partial charge in [-0.25, -0.2) is 24.1 Å². The van der Waals surface area contributed by atoms with Crippen LogP contribution in [0.25, 0.3) is 28.0 Å². The number of aromatic amines is 1. The molecule has 0 amide bonds. The molecule has 0 aliphatic rings. The summed E-state index contributed by atoms with van der Waals surface area (Å²) in [4.78, 5) is 24.7. The lowest BCUT2D eigenvalue weighted by molar-refractivity contribution is -0.351. The minimum Gasteiger partial charge on any atom is -0.481 e. The quantitative estimate of drug-likeness (QED) is 0.321. The van der Waals surface area contributed by atoms with Crippen LogP contribution in [0.5, 0.6) is 5.88 Å². The Morgan fingerprint density at radius 2 is 1.83 bits per heavy atom. The topological polar surface area (TPSA) is 161 Å². The first-order valence-corrected chi connectivity index (χ1v) is 10.9. The number of rotatable bonds is 6. The third-order valence-corrected chi connectivity index (χ3v) is 5.63. The van der Waals surface area contributed by atoms with Crippen molar-refractivity contribution in [3.05, 3.63) is 82.3 Å². The summed E-state index contributed by atoms with van der Waals surface area (Å²) in [7, 11) is 1.47. The first kappa shape index (κ1) is 22.9. The van der Waals surface area contributed by atoms with Crippen LogP contribution in [0, 0.1) is 5.82 Å². The van der Waals surface area contributed by atoms with Gasteiger partial charge in [-0.05, 0) is 23.8 Å². The number of nitrogens with one attached hydrogen (secondary N) is 1. The van der Waals surface area contributed by atoms with E-state index in [1.54, 1.807) is 12.1 Å². The fourth-order valence-corrected chi connectivity index (χ4v) is 3.97. The molecule has 5 aromatic rings. The molecule has 0 atom stereocenters. The molecule has 0 unspecified atom stereocenters. The second-order valence-electron chi connectivity index (χ2n) is 7.94. The Kier molecular flexibility index (Phi) is 5.78. The summed E-state index contributed by atoms with van der Waals surface area (Å²) < 4.78 is 21.3. The predicted molar refractivity (Wildman–Crippen MR) is 129 cm³/mol. The molecule has 0 aliphatic carbocycles. The summed E-state index contributed by atoms with van der Waals surface area (Å²) >= 11 is 0. The average Bonchev–Trinajstić information content (AvgIpc) is 3.22. The largest absolute Gasteiger partial charge is 0.481 e. The third-order valence-electron chi connectivity index (χ3n) is 5.63. The number of nitrogens with two attached hydrogens (primary N) is 2. The first-order valence-electron chi connectivity index (χ1n) is 10.9. The van der Waals surface area contributed by atoms with Gasteiger partial charge in [0.1, 0.15) is 5.69 Å². The summed E-state index contributed by atoms with van der Waals surface area (Å²) in [6, 6.07) is 15.4. The molecule has 1 aromatic carbocycles. The molecule has 4 aromatic heterocycles. The van der Waals surface area contributed by atoms with Gasteiger partial charge in [-0.3, -0.25) is 5.73 Å². The molecule has 6 N–H and O–H groups in total. The highest BCUT2D eigenvalue weighted by Crippen LogP contribution is 2.34. The molecule has 0 radical (unpaired) electrons. The lowest BCUT2D eigenvalue weighted by Crippen LogP contribution is -2.28. The second kappa shape index (κ2) is 9.07. The van der Waals surface area contributed by atoms with Crippen LogP contribution in [-0.2, 0) is 13.2 Å². The second-order valence-corrected chi connectivity index (χ2v) is 7.94. The van der Waals surface area contributed by atoms with Crippen LogP contribution in [0.4, 0.5) is 16.2 Å². The van der Waals surface area contributed by atoms with Gasteiger partial charge in [0.15, 0.2) is 11.6 Å². The number of anilines is 2. The van der Waals surface area contributed by atoms with Gasteiger partial charge in [0.25, 0.3) is 0 Å². The summed E-state index contributed by atoms with van der Waals surface area (Å²) in [6.45, 7) is -0.384. The number of nitrogen functional groups attached to an aromatic ring is 2. The molecule has 182 valence electrons. The Morgan fingerprint density at radius 3 is 2.53 bits per heavy atom. The Morgan fingerprint density at radius 1 is 1.06 bits per heavy atom. The Bertz CT molecular complexity index is 1630. The van der Waals surface area contributed by atoms with Gasteiger partial charge in [0.05, 0.1) is 37.2 Å². The molecule has 0 bridgehead atoms. The molecule has 36 heavy (non-hydrogen) atoms. The van der Waals surface area contributed by atoms with Crippen molar-refractivity contribution in [2.24, 2.45) is 0 Å². The highest BCUT2D eigenvalue weighted by molar-refractivity contribution is 5.89. The highest BCUT2D eigenvalue weighted by Gasteiger charge is 2.26. The number of nitrogens with zero attached hydrogens (tertiary/aromatic N) is 5. The van der Waals surface area contributed by atoms with Gasteiger partial charge < -0.3 is 15.6 Å². The molecule has 11 nitrogen and oxygen atoms in total. The molecule has 0 saturated heterocycles. The van der Waals surface area contributed by atoms with Crippen molar-refractivity contribution < 1.29 is 19.2 Å². The number of aromatic nitrogens is 6. The average molecular weight is 489 g/mol. The molecule has 0 spiro atoms. The molecule has 5 rings (SSSR count). The van der Waals surface area contributed by atoms with Gasteiger partial charge in [0, 0.05) is 11.6 Å². The number of methoxy groups -OCH3 is 1. The van der Waals surface area contributed by atoms with E-state index in [1.807, 2.05) is 30.3 Å². The number of fused-ring (bicyclic) bond motifs is 1. The van der Waals surface area contributed by atoms with Crippen molar-refractivity contribution in [2.45, 2.75) is 13.2 Å². The van der Waals surface area contributed by atoms with E-state index in [4.69, 9.17) is 16.2 Å². The predicted octanol–water partition coefficient (Wildman–Crippen LogP) is 1.29. The monoisotopic (exact) mass is 489 g/mol. The molecule has 0 fully saturated rings. The number of benzene rings is 1. The Hall–Kier alpha value is -4.84. The number of aliphatic hydroxyl groups excluding tert-OH is 1. The molecule has 12 heteroatoms. The molecular weight excluding hydrogens is 467 g/mol. The number of hydrogen-bond donors (Lipinski definition) is 3. The van der Waals surface area contributed by atoms with Crippen molar-refractivity contribution in [3.8, 4) is 28.3 Å². The van der Waals surface area contributed by atoms with E-state index in [0.717, 1.165) is 5.56 Å². The molecular formula is C24H22FN8O3+. The SMILES string of the molecule is COc1cc(-c2c(-c3ccccc3)[nH+]c(N)n3c(=O)n(Cc4ccc(F)c(N)n4)nc23)cc(CO)n1. The zero-order valence-electron chi connectivity index (χ0n) is 19.1. The molecule has 0 saturated carbocycles. The standard InChI is InChI=1S/C24H21FN8O3/c1-36-18-10-14(9-16(12-34)28-18)19-20(13-5-3-2-4-6-13)30-23(27)33-22(19)31-32(24(33)35)11-15-7-8-17(25)21(26)29-15/h2-10,34H,11-12H2,1H3,(H2,26,29)(H2,27,30)/p+1. The van der Waals surface area contributed by atoms with Crippen LogP contribution in [0.15, 0.2) is 59.4 Å². The zero-order chi connectivity index (χ0) is 25.4. The van der Waals surface area contributed by atoms with Crippen LogP contribution in [0.3, 0.4) is 0 Å². The van der Waals surface area contributed by atoms with E-state index < -0.39 is 11.5 Å². The van der Waals surface area contributed by atoms with Gasteiger partial charge >= 0.3 is 11.6 Å². The van der Waals surface area contributed by atoms with Gasteiger partial charge in [-0.1, -0.05) is 30.3 Å². The normalized spacial score (nSPS) is 11.2. The van der Waals surface area contributed by atoms with Crippen LogP contribution in [0.2, 0.25) is 0 Å². The van der Waals surface area contributed by atoms with Crippen LogP contribution < -0.4 is 26.9 Å². The summed E-state index contributed by atoms with van der Waals surface area (Å²) in [6.07, 6.45) is 0. The van der Waals surface area contributed by atoms with Gasteiger partial charge in [0.2, 0.25) is 11.5 Å². The lowest BCUT2D eigenvalue weighted by Gasteiger charge is -2.11. The van der Waals surface area contributed by atoms with Crippen molar-refractivity contribution in [3.63, 3.8) is 0 Å². The number of aliphatic hydroxyl groups is 1. The van der Waals surface area contributed by atoms with E-state index in [2.05, 4.69) is 20.1 Å². The number of H-pyrrole nitrogens is 1. The highest BCUT2D eigenvalue weighted by atomic mass is 19.1. The van der Waals surface area contributed by atoms with Crippen LogP contribution in [-0.4, -0.2) is 36.4 Å². The number of ether oxygens (including phenoxy) is 1. The fourth-order valence-electron chi connectivity index (χ4n) is 3.97. The number of halogens is 1. The maximum absolute atomic E-state index is 13.6. The van der Waals surface area contributed by atoms with E-state index >= 15 is 0 Å². The van der Waals surface area contributed by atoms with Crippen LogP contribution in [0.1, 0.15) is 11.4 Å². The van der Waals surface area contributed by atoms with Crippen molar-refractivity contribution in [1.82, 2.24) is 24.1 Å². The Labute approximate surface area is 203 Å². The van der Waals surface area contributed by atoms with Crippen molar-refractivity contribution >= 4 is 17.4 Å². The van der Waals surface area contributed by atoms with Crippen molar-refractivity contribution in [2.75, 3.05) is 18.6 Å². The first-order chi connectivity index (χ1) is 17.4. The van der Waals surface area contributed by atoms with Gasteiger partial charge in [-0.2, -0.15) is 4.68 Å². The number of pyridine rings is 2. The zero-order valence-corrected chi connectivity index (χ0v) is 19.1. The smallest absolute Gasteiger partial charge is 0.411 e. The lowest BCUT2D eigenvalue weighted by atomic mass is 10.00. The maximum atomic E-state index is 13.6. The Balaban J connectivity index is 1.80.